The Kier molecular flexibility index (Phi) is 2.62. The van der Waals surface area contributed by atoms with Gasteiger partial charge in [0.05, 0.1) is 16.2 Å². The number of aromatic nitrogens is 1. The second-order valence-electron chi connectivity index (χ2n) is 4.85. The Morgan fingerprint density at radius 3 is 2.71 bits per heavy atom. The summed E-state index contributed by atoms with van der Waals surface area (Å²) in [5, 5.41) is 3.37. The van der Waals surface area contributed by atoms with Gasteiger partial charge in [0.1, 0.15) is 0 Å². The fraction of sp³-hybridized carbons (Fsp3) is 0.727. The molecule has 1 saturated carbocycles. The van der Waals surface area contributed by atoms with Crippen LogP contribution in [0, 0.1) is 5.92 Å². The molecule has 0 radical (unpaired) electrons. The second-order valence-corrected chi connectivity index (χ2v) is 5.79. The van der Waals surface area contributed by atoms with E-state index in [1.54, 1.807) is 11.3 Å². The highest BCUT2D eigenvalue weighted by Crippen LogP contribution is 2.31. The predicted molar refractivity (Wildman–Crippen MR) is 60.4 cm³/mol. The van der Waals surface area contributed by atoms with Gasteiger partial charge in [-0.3, -0.25) is 0 Å². The number of nitrogens with two attached hydrogens (primary N) is 1. The maximum atomic E-state index is 5.99. The fourth-order valence-corrected chi connectivity index (χ4v) is 2.73. The van der Waals surface area contributed by atoms with Gasteiger partial charge in [-0.25, -0.2) is 4.98 Å². The molecule has 0 amide bonds. The molecule has 1 fully saturated rings. The first-order chi connectivity index (χ1) is 6.55. The van der Waals surface area contributed by atoms with Gasteiger partial charge in [-0.15, -0.1) is 11.3 Å². The summed E-state index contributed by atoms with van der Waals surface area (Å²) >= 11 is 1.76. The minimum Gasteiger partial charge on any atom is -0.321 e. The van der Waals surface area contributed by atoms with Gasteiger partial charge >= 0.3 is 0 Å². The van der Waals surface area contributed by atoms with Gasteiger partial charge in [0.25, 0.3) is 0 Å². The molecule has 2 N–H and O–H groups in total. The molecule has 1 aromatic heterocycles. The molecule has 0 aromatic carbocycles. The molecule has 14 heavy (non-hydrogen) atoms. The Hall–Kier alpha value is -0.410. The number of rotatable bonds is 3. The van der Waals surface area contributed by atoms with Crippen LogP contribution in [0.4, 0.5) is 0 Å². The van der Waals surface area contributed by atoms with Crippen LogP contribution in [0.1, 0.15) is 43.8 Å². The van der Waals surface area contributed by atoms with Crippen LogP contribution in [0.5, 0.6) is 0 Å². The van der Waals surface area contributed by atoms with E-state index < -0.39 is 0 Å². The fourth-order valence-electron chi connectivity index (χ4n) is 1.64. The number of hydrogen-bond donors (Lipinski definition) is 1. The molecule has 78 valence electrons. The van der Waals surface area contributed by atoms with Crippen molar-refractivity contribution in [2.45, 2.75) is 45.1 Å². The lowest BCUT2D eigenvalue weighted by Gasteiger charge is -2.24. The van der Waals surface area contributed by atoms with E-state index in [9.17, 15) is 0 Å². The maximum absolute atomic E-state index is 5.99. The third-order valence-electron chi connectivity index (χ3n) is 2.90. The molecule has 1 heterocycles. The van der Waals surface area contributed by atoms with E-state index in [0.717, 1.165) is 11.6 Å². The molecule has 1 aliphatic rings. The van der Waals surface area contributed by atoms with Gasteiger partial charge in [0.2, 0.25) is 0 Å². The number of thiazole rings is 1. The van der Waals surface area contributed by atoms with Crippen molar-refractivity contribution in [2.24, 2.45) is 11.7 Å². The van der Waals surface area contributed by atoms with Crippen LogP contribution in [-0.2, 0) is 12.0 Å². The summed E-state index contributed by atoms with van der Waals surface area (Å²) in [4.78, 5) is 4.60. The van der Waals surface area contributed by atoms with Crippen molar-refractivity contribution in [1.29, 1.82) is 0 Å². The zero-order chi connectivity index (χ0) is 10.2. The Morgan fingerprint density at radius 1 is 1.57 bits per heavy atom. The standard InChI is InChI=1S/C11H18N2S/c1-11(2,12)9-7-14-10(13-9)6-8-4-3-5-8/h7-8H,3-6,12H2,1-2H3. The monoisotopic (exact) mass is 210 g/mol. The normalized spacial score (nSPS) is 18.2. The van der Waals surface area contributed by atoms with Gasteiger partial charge in [0, 0.05) is 11.8 Å². The van der Waals surface area contributed by atoms with E-state index in [0.29, 0.717) is 0 Å². The summed E-state index contributed by atoms with van der Waals surface area (Å²) in [6.45, 7) is 4.02. The Bertz CT molecular complexity index is 307. The maximum Gasteiger partial charge on any atom is 0.0931 e. The molecule has 1 aromatic rings. The number of hydrogen-bond acceptors (Lipinski definition) is 3. The van der Waals surface area contributed by atoms with Crippen LogP contribution in [0.2, 0.25) is 0 Å². The number of nitrogens with zero attached hydrogens (tertiary/aromatic N) is 1. The summed E-state index contributed by atoms with van der Waals surface area (Å²) in [5.74, 6) is 0.898. The van der Waals surface area contributed by atoms with Crippen molar-refractivity contribution in [3.8, 4) is 0 Å². The third-order valence-corrected chi connectivity index (χ3v) is 3.77. The first-order valence-electron chi connectivity index (χ1n) is 5.29. The van der Waals surface area contributed by atoms with E-state index in [1.165, 1.54) is 30.7 Å². The van der Waals surface area contributed by atoms with Gasteiger partial charge < -0.3 is 5.73 Å². The van der Waals surface area contributed by atoms with Gasteiger partial charge in [-0.05, 0) is 19.8 Å². The van der Waals surface area contributed by atoms with Gasteiger partial charge in [-0.2, -0.15) is 0 Å². The average molecular weight is 210 g/mol. The second kappa shape index (κ2) is 3.63. The lowest BCUT2D eigenvalue weighted by Crippen LogP contribution is -2.29. The van der Waals surface area contributed by atoms with Crippen LogP contribution in [0.15, 0.2) is 5.38 Å². The van der Waals surface area contributed by atoms with E-state index >= 15 is 0 Å². The van der Waals surface area contributed by atoms with E-state index in [2.05, 4.69) is 10.4 Å². The lowest BCUT2D eigenvalue weighted by atomic mass is 9.83. The SMILES string of the molecule is CC(C)(N)c1csc(CC2CCC2)n1. The Labute approximate surface area is 89.5 Å². The molecule has 0 unspecified atom stereocenters. The molecule has 0 spiro atoms. The highest BCUT2D eigenvalue weighted by atomic mass is 32.1. The molecule has 1 aliphatic carbocycles. The van der Waals surface area contributed by atoms with Crippen LogP contribution in [0.3, 0.4) is 0 Å². The summed E-state index contributed by atoms with van der Waals surface area (Å²) in [7, 11) is 0. The summed E-state index contributed by atoms with van der Waals surface area (Å²) in [5.41, 5.74) is 6.75. The van der Waals surface area contributed by atoms with Crippen molar-refractivity contribution < 1.29 is 0 Å². The highest BCUT2D eigenvalue weighted by Gasteiger charge is 2.22. The quantitative estimate of drug-likeness (QED) is 0.833. The average Bonchev–Trinajstić information content (AvgIpc) is 2.43. The predicted octanol–water partition coefficient (Wildman–Crippen LogP) is 2.68. The van der Waals surface area contributed by atoms with Crippen molar-refractivity contribution in [2.75, 3.05) is 0 Å². The van der Waals surface area contributed by atoms with Crippen LogP contribution in [-0.4, -0.2) is 4.98 Å². The Morgan fingerprint density at radius 2 is 2.29 bits per heavy atom. The zero-order valence-corrected chi connectivity index (χ0v) is 9.73. The van der Waals surface area contributed by atoms with Crippen molar-refractivity contribution in [3.05, 3.63) is 16.1 Å². The third kappa shape index (κ3) is 2.15. The van der Waals surface area contributed by atoms with E-state index in [-0.39, 0.29) is 5.54 Å². The molecule has 0 atom stereocenters. The molecule has 0 saturated heterocycles. The smallest absolute Gasteiger partial charge is 0.0931 e. The molecule has 3 heteroatoms. The highest BCUT2D eigenvalue weighted by molar-refractivity contribution is 7.09. The molecular weight excluding hydrogens is 192 g/mol. The van der Waals surface area contributed by atoms with E-state index in [4.69, 9.17) is 5.73 Å². The van der Waals surface area contributed by atoms with Crippen molar-refractivity contribution >= 4 is 11.3 Å². The summed E-state index contributed by atoms with van der Waals surface area (Å²) < 4.78 is 0. The summed E-state index contributed by atoms with van der Waals surface area (Å²) in [6.07, 6.45) is 5.36. The molecular formula is C11H18N2S. The van der Waals surface area contributed by atoms with Crippen LogP contribution >= 0.6 is 11.3 Å². The minimum absolute atomic E-state index is 0.283. The Balaban J connectivity index is 2.02. The zero-order valence-electron chi connectivity index (χ0n) is 8.92. The van der Waals surface area contributed by atoms with Crippen molar-refractivity contribution in [1.82, 2.24) is 4.98 Å². The molecule has 2 rings (SSSR count). The van der Waals surface area contributed by atoms with Gasteiger partial charge in [0.15, 0.2) is 0 Å². The topological polar surface area (TPSA) is 38.9 Å². The first-order valence-corrected chi connectivity index (χ1v) is 6.17. The summed E-state index contributed by atoms with van der Waals surface area (Å²) in [6, 6.07) is 0. The van der Waals surface area contributed by atoms with Crippen LogP contribution < -0.4 is 5.73 Å². The van der Waals surface area contributed by atoms with Crippen LogP contribution in [0.25, 0.3) is 0 Å². The largest absolute Gasteiger partial charge is 0.321 e. The minimum atomic E-state index is -0.283. The van der Waals surface area contributed by atoms with Gasteiger partial charge in [-0.1, -0.05) is 19.3 Å². The first kappa shape index (κ1) is 10.1. The molecule has 2 nitrogen and oxygen atoms in total. The van der Waals surface area contributed by atoms with Crippen molar-refractivity contribution in [3.63, 3.8) is 0 Å². The van der Waals surface area contributed by atoms with E-state index in [1.807, 2.05) is 13.8 Å². The lowest BCUT2D eigenvalue weighted by molar-refractivity contribution is 0.313. The molecule has 0 bridgehead atoms. The molecule has 0 aliphatic heterocycles.